The summed E-state index contributed by atoms with van der Waals surface area (Å²) in [4.78, 5) is 12.7. The molecule has 162 valence electrons. The molecular formula is C24H33F3O2. The Bertz CT molecular complexity index is 748. The number of Topliss-reactive ketones (excluding diaryl/α,β-unsaturated/α-hetero) is 1. The fourth-order valence-corrected chi connectivity index (χ4v) is 7.30. The van der Waals surface area contributed by atoms with Crippen LogP contribution in [-0.2, 0) is 4.79 Å². The Labute approximate surface area is 171 Å². The van der Waals surface area contributed by atoms with Crippen LogP contribution in [0.1, 0.15) is 84.5 Å². The molecule has 0 heterocycles. The maximum absolute atomic E-state index is 13.3. The highest BCUT2D eigenvalue weighted by Gasteiger charge is 2.54. The van der Waals surface area contributed by atoms with Gasteiger partial charge in [-0.2, -0.15) is 13.2 Å². The van der Waals surface area contributed by atoms with Crippen molar-refractivity contribution in [3.8, 4) is 0 Å². The van der Waals surface area contributed by atoms with Crippen LogP contribution in [0.15, 0.2) is 22.5 Å². The molecule has 0 amide bonds. The third kappa shape index (κ3) is 3.67. The lowest BCUT2D eigenvalue weighted by Crippen LogP contribution is -2.32. The molecule has 4 aliphatic rings. The SMILES string of the molecule is CCC1=C2C[C@H]3[C@@H](CC[C@H]4CC(=O)/C(=C(\O)C(F)(F)F)C[C@@]3(C)C4)[C@@H]2CCCC1. The predicted molar refractivity (Wildman–Crippen MR) is 106 cm³/mol. The van der Waals surface area contributed by atoms with Gasteiger partial charge in [0.25, 0.3) is 0 Å². The molecule has 0 aromatic heterocycles. The van der Waals surface area contributed by atoms with Crippen molar-refractivity contribution in [2.75, 3.05) is 0 Å². The number of halogens is 3. The van der Waals surface area contributed by atoms with E-state index < -0.39 is 17.7 Å². The topological polar surface area (TPSA) is 37.3 Å². The molecule has 5 atom stereocenters. The Balaban J connectivity index is 1.76. The first kappa shape index (κ1) is 21.0. The summed E-state index contributed by atoms with van der Waals surface area (Å²) in [5.74, 6) is -0.592. The van der Waals surface area contributed by atoms with Crippen molar-refractivity contribution in [3.63, 3.8) is 0 Å². The molecule has 0 saturated heterocycles. The third-order valence-electron chi connectivity index (χ3n) is 8.55. The standard InChI is InChI=1S/C24H33F3O2/c1-3-15-6-4-5-7-16-17-9-8-14-10-21(28)19(22(29)24(25,26)27)13-23(2,12-14)20(17)11-18(15)16/h14,16-17,20,29H,3-13H2,1-2H3/b22-19-/t14-,16-,17-,20-,23+/m0/s1. The van der Waals surface area contributed by atoms with E-state index in [9.17, 15) is 23.1 Å². The van der Waals surface area contributed by atoms with E-state index in [0.717, 1.165) is 32.1 Å². The van der Waals surface area contributed by atoms with Crippen LogP contribution in [0.3, 0.4) is 0 Å². The highest BCUT2D eigenvalue weighted by atomic mass is 19.4. The van der Waals surface area contributed by atoms with Crippen LogP contribution in [0.2, 0.25) is 0 Å². The molecule has 0 aliphatic heterocycles. The Morgan fingerprint density at radius 2 is 1.93 bits per heavy atom. The number of hydrogen-bond donors (Lipinski definition) is 1. The number of fused-ring (bicyclic) bond motifs is 6. The van der Waals surface area contributed by atoms with Gasteiger partial charge < -0.3 is 5.11 Å². The molecule has 0 radical (unpaired) electrons. The summed E-state index contributed by atoms with van der Waals surface area (Å²) in [6.07, 6.45) is 5.09. The van der Waals surface area contributed by atoms with Crippen LogP contribution >= 0.6 is 0 Å². The molecule has 2 nitrogen and oxygen atoms in total. The number of carbonyl (C=O) groups excluding carboxylic acids is 1. The van der Waals surface area contributed by atoms with Crippen molar-refractivity contribution in [1.82, 2.24) is 0 Å². The van der Waals surface area contributed by atoms with Gasteiger partial charge in [0, 0.05) is 12.0 Å². The van der Waals surface area contributed by atoms with Crippen LogP contribution in [0, 0.1) is 29.1 Å². The van der Waals surface area contributed by atoms with E-state index in [1.165, 1.54) is 25.7 Å². The Morgan fingerprint density at radius 3 is 2.62 bits per heavy atom. The second kappa shape index (κ2) is 7.46. The lowest BCUT2D eigenvalue weighted by Gasteiger charge is -2.38. The molecule has 0 unspecified atom stereocenters. The van der Waals surface area contributed by atoms with E-state index in [1.54, 1.807) is 11.1 Å². The summed E-state index contributed by atoms with van der Waals surface area (Å²) < 4.78 is 39.8. The highest BCUT2D eigenvalue weighted by Crippen LogP contribution is 2.62. The maximum Gasteiger partial charge on any atom is 0.449 e. The first-order valence-electron chi connectivity index (χ1n) is 11.4. The van der Waals surface area contributed by atoms with Crippen LogP contribution in [0.4, 0.5) is 13.2 Å². The number of carbonyl (C=O) groups is 1. The van der Waals surface area contributed by atoms with E-state index in [4.69, 9.17) is 0 Å². The van der Waals surface area contributed by atoms with Gasteiger partial charge in [0.1, 0.15) is 0 Å². The Kier molecular flexibility index (Phi) is 5.40. The molecule has 3 fully saturated rings. The maximum atomic E-state index is 13.3. The van der Waals surface area contributed by atoms with Gasteiger partial charge in [0.15, 0.2) is 5.78 Å². The van der Waals surface area contributed by atoms with E-state index in [0.29, 0.717) is 17.8 Å². The number of ketones is 1. The summed E-state index contributed by atoms with van der Waals surface area (Å²) in [5, 5.41) is 9.90. The fourth-order valence-electron chi connectivity index (χ4n) is 7.30. The van der Waals surface area contributed by atoms with Crippen LogP contribution in [0.5, 0.6) is 0 Å². The summed E-state index contributed by atoms with van der Waals surface area (Å²) in [6, 6.07) is 0. The van der Waals surface area contributed by atoms with Gasteiger partial charge in [0.2, 0.25) is 5.76 Å². The zero-order valence-electron chi connectivity index (χ0n) is 17.6. The van der Waals surface area contributed by atoms with Crippen molar-refractivity contribution in [2.45, 2.75) is 90.7 Å². The number of alkyl halides is 3. The molecule has 2 bridgehead atoms. The van der Waals surface area contributed by atoms with Crippen LogP contribution < -0.4 is 0 Å². The van der Waals surface area contributed by atoms with Gasteiger partial charge in [-0.1, -0.05) is 31.4 Å². The molecule has 0 aromatic carbocycles. The number of hydrogen-bond acceptors (Lipinski definition) is 2. The minimum absolute atomic E-state index is 0.0658. The minimum atomic E-state index is -4.85. The van der Waals surface area contributed by atoms with E-state index in [-0.39, 0.29) is 29.7 Å². The van der Waals surface area contributed by atoms with Crippen molar-refractivity contribution in [2.24, 2.45) is 29.1 Å². The molecule has 3 saturated carbocycles. The van der Waals surface area contributed by atoms with Crippen LogP contribution in [-0.4, -0.2) is 17.1 Å². The average molecular weight is 411 g/mol. The summed E-state index contributed by atoms with van der Waals surface area (Å²) >= 11 is 0. The monoisotopic (exact) mass is 410 g/mol. The summed E-state index contributed by atoms with van der Waals surface area (Å²) in [6.45, 7) is 4.33. The molecule has 1 N–H and O–H groups in total. The quantitative estimate of drug-likeness (QED) is 0.285. The van der Waals surface area contributed by atoms with E-state index in [2.05, 4.69) is 13.8 Å². The van der Waals surface area contributed by atoms with Gasteiger partial charge in [0.05, 0.1) is 0 Å². The number of aliphatic hydroxyl groups excluding tert-OH is 1. The van der Waals surface area contributed by atoms with Gasteiger partial charge >= 0.3 is 6.18 Å². The van der Waals surface area contributed by atoms with Crippen molar-refractivity contribution < 1.29 is 23.1 Å². The number of aliphatic hydroxyl groups is 1. The van der Waals surface area contributed by atoms with E-state index in [1.807, 2.05) is 0 Å². The van der Waals surface area contributed by atoms with Crippen molar-refractivity contribution in [3.05, 3.63) is 22.5 Å². The summed E-state index contributed by atoms with van der Waals surface area (Å²) in [5.41, 5.74) is 2.46. The van der Waals surface area contributed by atoms with Gasteiger partial charge in [-0.05, 0) is 86.9 Å². The number of rotatable bonds is 1. The van der Waals surface area contributed by atoms with Crippen molar-refractivity contribution >= 4 is 5.78 Å². The van der Waals surface area contributed by atoms with Gasteiger partial charge in [-0.25, -0.2) is 0 Å². The van der Waals surface area contributed by atoms with Crippen LogP contribution in [0.25, 0.3) is 0 Å². The van der Waals surface area contributed by atoms with Gasteiger partial charge in [-0.3, -0.25) is 4.79 Å². The second-order valence-electron chi connectivity index (χ2n) is 10.2. The first-order chi connectivity index (χ1) is 13.6. The second-order valence-corrected chi connectivity index (χ2v) is 10.2. The molecule has 0 aromatic rings. The summed E-state index contributed by atoms with van der Waals surface area (Å²) in [7, 11) is 0. The zero-order valence-corrected chi connectivity index (χ0v) is 17.6. The van der Waals surface area contributed by atoms with E-state index >= 15 is 0 Å². The average Bonchev–Trinajstić information content (AvgIpc) is 2.75. The highest BCUT2D eigenvalue weighted by molar-refractivity contribution is 5.96. The third-order valence-corrected chi connectivity index (χ3v) is 8.55. The normalized spacial score (nSPS) is 40.0. The fraction of sp³-hybridized carbons (Fsp3) is 0.792. The molecule has 0 spiro atoms. The molecular weight excluding hydrogens is 377 g/mol. The Hall–Kier alpha value is -1.26. The molecule has 4 rings (SSSR count). The lowest BCUT2D eigenvalue weighted by molar-refractivity contribution is -0.128. The zero-order chi connectivity index (χ0) is 21.0. The van der Waals surface area contributed by atoms with Gasteiger partial charge in [-0.15, -0.1) is 0 Å². The van der Waals surface area contributed by atoms with Crippen molar-refractivity contribution in [1.29, 1.82) is 0 Å². The minimum Gasteiger partial charge on any atom is -0.504 e. The lowest BCUT2D eigenvalue weighted by atomic mass is 9.66. The predicted octanol–water partition coefficient (Wildman–Crippen LogP) is 7.06. The molecule has 29 heavy (non-hydrogen) atoms. The Morgan fingerprint density at radius 1 is 1.17 bits per heavy atom. The first-order valence-corrected chi connectivity index (χ1v) is 11.4. The smallest absolute Gasteiger partial charge is 0.449 e. The molecule has 4 aliphatic carbocycles. The largest absolute Gasteiger partial charge is 0.504 e. The molecule has 5 heteroatoms. The number of allylic oxidation sites excluding steroid dienone is 4.